The molecule has 0 saturated heterocycles. The summed E-state index contributed by atoms with van der Waals surface area (Å²) in [4.78, 5) is 0. The maximum absolute atomic E-state index is 8.47. The topological polar surface area (TPSA) is 45.0 Å². The third kappa shape index (κ3) is 2.66. The van der Waals surface area contributed by atoms with Gasteiger partial charge in [0.2, 0.25) is 0 Å². The van der Waals surface area contributed by atoms with Gasteiger partial charge in [0.15, 0.2) is 0 Å². The van der Waals surface area contributed by atoms with Crippen molar-refractivity contribution in [3.63, 3.8) is 0 Å². The van der Waals surface area contributed by atoms with E-state index < -0.39 is 0 Å². The molecule has 1 N–H and O–H groups in total. The standard InChI is InChI=1S/C12H15ClN2O/c1-8-6-11(16-3)10(7-15-5-4-14)9(2)12(8)13/h6,15H,5,7H2,1-3H3. The smallest absolute Gasteiger partial charge is 0.123 e. The Morgan fingerprint density at radius 3 is 2.75 bits per heavy atom. The summed E-state index contributed by atoms with van der Waals surface area (Å²) < 4.78 is 5.31. The van der Waals surface area contributed by atoms with Crippen molar-refractivity contribution in [2.75, 3.05) is 13.7 Å². The lowest BCUT2D eigenvalue weighted by Crippen LogP contribution is -2.15. The number of nitrogens with one attached hydrogen (secondary N) is 1. The summed E-state index contributed by atoms with van der Waals surface area (Å²) in [6, 6.07) is 3.95. The highest BCUT2D eigenvalue weighted by Crippen LogP contribution is 2.31. The average molecular weight is 239 g/mol. The first-order chi connectivity index (χ1) is 7.61. The number of benzene rings is 1. The summed E-state index contributed by atoms with van der Waals surface area (Å²) in [5.74, 6) is 0.810. The van der Waals surface area contributed by atoms with Crippen LogP contribution in [0.4, 0.5) is 0 Å². The fraction of sp³-hybridized carbons (Fsp3) is 0.417. The second-order valence-corrected chi connectivity index (χ2v) is 3.95. The van der Waals surface area contributed by atoms with E-state index in [1.165, 1.54) is 0 Å². The molecular formula is C12H15ClN2O. The fourth-order valence-electron chi connectivity index (χ4n) is 1.61. The third-order valence-electron chi connectivity index (χ3n) is 2.50. The van der Waals surface area contributed by atoms with Crippen LogP contribution in [0.5, 0.6) is 5.75 Å². The lowest BCUT2D eigenvalue weighted by Gasteiger charge is -2.15. The lowest BCUT2D eigenvalue weighted by atomic mass is 10.0. The molecule has 0 bridgehead atoms. The minimum Gasteiger partial charge on any atom is -0.496 e. The monoisotopic (exact) mass is 238 g/mol. The van der Waals surface area contributed by atoms with Gasteiger partial charge in [0, 0.05) is 17.1 Å². The van der Waals surface area contributed by atoms with Crippen molar-refractivity contribution in [2.24, 2.45) is 0 Å². The molecule has 0 aliphatic heterocycles. The summed E-state index contributed by atoms with van der Waals surface area (Å²) in [5.41, 5.74) is 3.01. The Balaban J connectivity index is 3.05. The van der Waals surface area contributed by atoms with Crippen LogP contribution in [-0.2, 0) is 6.54 Å². The quantitative estimate of drug-likeness (QED) is 0.648. The molecule has 3 nitrogen and oxygen atoms in total. The second-order valence-electron chi connectivity index (χ2n) is 3.57. The zero-order valence-electron chi connectivity index (χ0n) is 9.72. The van der Waals surface area contributed by atoms with Crippen LogP contribution in [-0.4, -0.2) is 13.7 Å². The molecule has 0 fully saturated rings. The number of methoxy groups -OCH3 is 1. The molecule has 1 aromatic rings. The normalized spacial score (nSPS) is 9.94. The van der Waals surface area contributed by atoms with E-state index in [0.717, 1.165) is 27.5 Å². The van der Waals surface area contributed by atoms with Gasteiger partial charge in [0.05, 0.1) is 19.7 Å². The number of nitrogens with zero attached hydrogens (tertiary/aromatic N) is 1. The fourth-order valence-corrected chi connectivity index (χ4v) is 1.77. The highest BCUT2D eigenvalue weighted by Gasteiger charge is 2.11. The first-order valence-corrected chi connectivity index (χ1v) is 5.39. The first-order valence-electron chi connectivity index (χ1n) is 5.02. The molecule has 1 aromatic carbocycles. The summed E-state index contributed by atoms with van der Waals surface area (Å²) in [7, 11) is 1.63. The molecule has 0 amide bonds. The molecule has 4 heteroatoms. The van der Waals surface area contributed by atoms with E-state index in [9.17, 15) is 0 Å². The van der Waals surface area contributed by atoms with Gasteiger partial charge in [-0.3, -0.25) is 0 Å². The van der Waals surface area contributed by atoms with Gasteiger partial charge in [0.1, 0.15) is 5.75 Å². The molecule has 0 radical (unpaired) electrons. The largest absolute Gasteiger partial charge is 0.496 e. The predicted octanol–water partition coefficient (Wildman–Crippen LogP) is 2.58. The molecule has 0 aliphatic rings. The van der Waals surface area contributed by atoms with Crippen LogP contribution in [0.3, 0.4) is 0 Å². The predicted molar refractivity (Wildman–Crippen MR) is 64.8 cm³/mol. The van der Waals surface area contributed by atoms with Crippen molar-refractivity contribution in [2.45, 2.75) is 20.4 Å². The van der Waals surface area contributed by atoms with E-state index in [0.29, 0.717) is 13.1 Å². The number of hydrogen-bond donors (Lipinski definition) is 1. The Kier molecular flexibility index (Phi) is 4.60. The van der Waals surface area contributed by atoms with Crippen LogP contribution in [0, 0.1) is 25.2 Å². The zero-order valence-corrected chi connectivity index (χ0v) is 10.5. The van der Waals surface area contributed by atoms with Gasteiger partial charge in [-0.05, 0) is 31.0 Å². The Labute approximate surface area is 101 Å². The van der Waals surface area contributed by atoms with Crippen molar-refractivity contribution in [1.29, 1.82) is 5.26 Å². The Hall–Kier alpha value is -1.24. The number of ether oxygens (including phenoxy) is 1. The van der Waals surface area contributed by atoms with E-state index in [-0.39, 0.29) is 0 Å². The van der Waals surface area contributed by atoms with Crippen LogP contribution >= 0.6 is 11.6 Å². The van der Waals surface area contributed by atoms with E-state index in [1.807, 2.05) is 26.0 Å². The third-order valence-corrected chi connectivity index (χ3v) is 3.08. The van der Waals surface area contributed by atoms with Gasteiger partial charge < -0.3 is 10.1 Å². The Morgan fingerprint density at radius 1 is 1.50 bits per heavy atom. The number of hydrogen-bond acceptors (Lipinski definition) is 3. The maximum atomic E-state index is 8.47. The molecule has 86 valence electrons. The second kappa shape index (κ2) is 5.74. The first kappa shape index (κ1) is 12.8. The molecule has 16 heavy (non-hydrogen) atoms. The van der Waals surface area contributed by atoms with Crippen LogP contribution < -0.4 is 10.1 Å². The molecule has 0 atom stereocenters. The summed E-state index contributed by atoms with van der Waals surface area (Å²) in [6.07, 6.45) is 0. The molecule has 0 aliphatic carbocycles. The van der Waals surface area contributed by atoms with Gasteiger partial charge >= 0.3 is 0 Å². The molecular weight excluding hydrogens is 224 g/mol. The van der Waals surface area contributed by atoms with Crippen LogP contribution in [0.25, 0.3) is 0 Å². The van der Waals surface area contributed by atoms with Crippen molar-refractivity contribution in [3.8, 4) is 11.8 Å². The SMILES string of the molecule is COc1cc(C)c(Cl)c(C)c1CNCC#N. The number of halogens is 1. The van der Waals surface area contributed by atoms with Crippen molar-refractivity contribution >= 4 is 11.6 Å². The Morgan fingerprint density at radius 2 is 2.19 bits per heavy atom. The Bertz CT molecular complexity index is 424. The van der Waals surface area contributed by atoms with Crippen LogP contribution in [0.2, 0.25) is 5.02 Å². The van der Waals surface area contributed by atoms with Gasteiger partial charge in [-0.15, -0.1) is 0 Å². The van der Waals surface area contributed by atoms with Gasteiger partial charge in [-0.25, -0.2) is 0 Å². The summed E-state index contributed by atoms with van der Waals surface area (Å²) >= 11 is 6.18. The molecule has 1 rings (SSSR count). The number of nitriles is 1. The lowest BCUT2D eigenvalue weighted by molar-refractivity contribution is 0.407. The van der Waals surface area contributed by atoms with E-state index >= 15 is 0 Å². The van der Waals surface area contributed by atoms with E-state index in [4.69, 9.17) is 21.6 Å². The molecule has 0 heterocycles. The zero-order chi connectivity index (χ0) is 12.1. The summed E-state index contributed by atoms with van der Waals surface area (Å²) in [6.45, 7) is 4.81. The maximum Gasteiger partial charge on any atom is 0.123 e. The number of aryl methyl sites for hydroxylation is 1. The van der Waals surface area contributed by atoms with Crippen molar-refractivity contribution < 1.29 is 4.74 Å². The van der Waals surface area contributed by atoms with Crippen LogP contribution in [0.1, 0.15) is 16.7 Å². The number of rotatable bonds is 4. The van der Waals surface area contributed by atoms with Gasteiger partial charge in [0.25, 0.3) is 0 Å². The minimum absolute atomic E-state index is 0.314. The minimum atomic E-state index is 0.314. The van der Waals surface area contributed by atoms with Crippen molar-refractivity contribution in [3.05, 3.63) is 27.8 Å². The van der Waals surface area contributed by atoms with Crippen LogP contribution in [0.15, 0.2) is 6.07 Å². The molecule has 0 spiro atoms. The highest BCUT2D eigenvalue weighted by atomic mass is 35.5. The highest BCUT2D eigenvalue weighted by molar-refractivity contribution is 6.32. The van der Waals surface area contributed by atoms with Gasteiger partial charge in [-0.1, -0.05) is 11.6 Å². The van der Waals surface area contributed by atoms with E-state index in [1.54, 1.807) is 7.11 Å². The molecule has 0 aromatic heterocycles. The molecule has 0 saturated carbocycles. The summed E-state index contributed by atoms with van der Waals surface area (Å²) in [5, 5.41) is 12.2. The van der Waals surface area contributed by atoms with Gasteiger partial charge in [-0.2, -0.15) is 5.26 Å². The van der Waals surface area contributed by atoms with Crippen molar-refractivity contribution in [1.82, 2.24) is 5.32 Å². The molecule has 0 unspecified atom stereocenters. The van der Waals surface area contributed by atoms with E-state index in [2.05, 4.69) is 5.32 Å². The average Bonchev–Trinajstić information content (AvgIpc) is 2.29.